The van der Waals surface area contributed by atoms with Gasteiger partial charge in [-0.25, -0.2) is 4.98 Å². The number of hydrogen-bond acceptors (Lipinski definition) is 4. The first-order chi connectivity index (χ1) is 15.8. The molecule has 2 heterocycles. The van der Waals surface area contributed by atoms with Crippen molar-refractivity contribution in [2.24, 2.45) is 4.99 Å². The van der Waals surface area contributed by atoms with E-state index in [4.69, 9.17) is 4.74 Å². The van der Waals surface area contributed by atoms with Gasteiger partial charge in [0.05, 0.1) is 30.5 Å². The van der Waals surface area contributed by atoms with Crippen LogP contribution in [0.1, 0.15) is 30.9 Å². The number of methoxy groups -OCH3 is 1. The van der Waals surface area contributed by atoms with Crippen molar-refractivity contribution in [2.75, 3.05) is 40.3 Å². The summed E-state index contributed by atoms with van der Waals surface area (Å²) in [6.45, 7) is 4.88. The second kappa shape index (κ2) is 12.8. The minimum atomic E-state index is 0. The summed E-state index contributed by atoms with van der Waals surface area (Å²) in [6, 6.07) is 17.0. The fourth-order valence-corrected chi connectivity index (χ4v) is 4.40. The second-order valence-electron chi connectivity index (χ2n) is 8.19. The molecule has 1 saturated heterocycles. The molecule has 0 saturated carbocycles. The van der Waals surface area contributed by atoms with Gasteiger partial charge in [0.15, 0.2) is 5.96 Å². The largest absolute Gasteiger partial charge is 0.497 e. The van der Waals surface area contributed by atoms with Gasteiger partial charge in [-0.1, -0.05) is 24.3 Å². The van der Waals surface area contributed by atoms with Crippen LogP contribution >= 0.6 is 24.0 Å². The number of nitrogens with one attached hydrogen (secondary N) is 2. The molecular formula is C25H35IN6O. The third-order valence-electron chi connectivity index (χ3n) is 6.16. The molecule has 0 amide bonds. The number of aliphatic imine (C=N–C) groups is 1. The van der Waals surface area contributed by atoms with Crippen LogP contribution in [0.15, 0.2) is 59.9 Å². The van der Waals surface area contributed by atoms with Crippen LogP contribution in [-0.2, 0) is 6.54 Å². The van der Waals surface area contributed by atoms with Crippen molar-refractivity contribution in [3.8, 4) is 5.75 Å². The van der Waals surface area contributed by atoms with Gasteiger partial charge in [0.25, 0.3) is 0 Å². The highest BCUT2D eigenvalue weighted by Gasteiger charge is 2.23. The van der Waals surface area contributed by atoms with Crippen LogP contribution in [0, 0.1) is 0 Å². The Hall–Kier alpha value is -2.33. The van der Waals surface area contributed by atoms with Gasteiger partial charge in [-0.05, 0) is 62.2 Å². The van der Waals surface area contributed by atoms with Gasteiger partial charge in [-0.15, -0.1) is 24.0 Å². The van der Waals surface area contributed by atoms with E-state index in [-0.39, 0.29) is 24.0 Å². The molecule has 7 nitrogen and oxygen atoms in total. The third kappa shape index (κ3) is 6.60. The van der Waals surface area contributed by atoms with Gasteiger partial charge in [0.1, 0.15) is 5.75 Å². The molecule has 0 radical (unpaired) electrons. The maximum atomic E-state index is 5.33. The van der Waals surface area contributed by atoms with E-state index in [9.17, 15) is 0 Å². The number of halogens is 1. The van der Waals surface area contributed by atoms with Gasteiger partial charge < -0.3 is 19.9 Å². The zero-order chi connectivity index (χ0) is 22.2. The van der Waals surface area contributed by atoms with Gasteiger partial charge in [0.2, 0.25) is 0 Å². The van der Waals surface area contributed by atoms with Gasteiger partial charge in [0, 0.05) is 26.7 Å². The fourth-order valence-electron chi connectivity index (χ4n) is 4.40. The van der Waals surface area contributed by atoms with E-state index in [2.05, 4.69) is 60.4 Å². The number of imidazole rings is 1. The first-order valence-electron chi connectivity index (χ1n) is 11.5. The molecular weight excluding hydrogens is 527 g/mol. The van der Waals surface area contributed by atoms with E-state index >= 15 is 0 Å². The molecule has 2 N–H and O–H groups in total. The van der Waals surface area contributed by atoms with E-state index in [0.717, 1.165) is 56.4 Å². The van der Waals surface area contributed by atoms with E-state index in [1.165, 1.54) is 23.9 Å². The average Bonchev–Trinajstić information content (AvgIpc) is 3.51. The van der Waals surface area contributed by atoms with E-state index in [1.54, 1.807) is 7.11 Å². The van der Waals surface area contributed by atoms with Crippen LogP contribution in [0.2, 0.25) is 0 Å². The molecule has 3 aromatic rings. The quantitative estimate of drug-likeness (QED) is 0.178. The molecule has 33 heavy (non-hydrogen) atoms. The van der Waals surface area contributed by atoms with Gasteiger partial charge in [-0.3, -0.25) is 9.89 Å². The van der Waals surface area contributed by atoms with E-state index < -0.39 is 0 Å². The molecule has 1 atom stereocenters. The summed E-state index contributed by atoms with van der Waals surface area (Å²) < 4.78 is 7.54. The lowest BCUT2D eigenvalue weighted by atomic mass is 10.1. The van der Waals surface area contributed by atoms with Crippen LogP contribution in [0.3, 0.4) is 0 Å². The number of likely N-dealkylation sites (tertiary alicyclic amines) is 1. The summed E-state index contributed by atoms with van der Waals surface area (Å²) in [5, 5.41) is 7.01. The number of aromatic nitrogens is 2. The molecule has 1 fully saturated rings. The predicted molar refractivity (Wildman–Crippen MR) is 146 cm³/mol. The normalized spacial score (nSPS) is 15.3. The topological polar surface area (TPSA) is 66.7 Å². The number of guanidine groups is 1. The Morgan fingerprint density at radius 1 is 1.09 bits per heavy atom. The lowest BCUT2D eigenvalue weighted by Gasteiger charge is -2.29. The first-order valence-corrected chi connectivity index (χ1v) is 11.5. The van der Waals surface area contributed by atoms with Gasteiger partial charge in [-0.2, -0.15) is 0 Å². The zero-order valence-electron chi connectivity index (χ0n) is 19.5. The number of ether oxygens (including phenoxy) is 1. The molecule has 1 aliphatic heterocycles. The molecule has 1 aromatic heterocycles. The Labute approximate surface area is 213 Å². The number of benzene rings is 2. The number of rotatable bonds is 9. The lowest BCUT2D eigenvalue weighted by molar-refractivity contribution is 0.245. The standard InChI is InChI=1S/C25H34N6O.HI/c1-26-25(27-14-7-17-31-19-29-22-8-3-4-9-23(22)31)28-18-24(30-15-5-6-16-30)20-10-12-21(32-2)13-11-20;/h3-4,8-13,19,24H,5-7,14-18H2,1-2H3,(H2,26,27,28);1H. The Morgan fingerprint density at radius 2 is 1.85 bits per heavy atom. The summed E-state index contributed by atoms with van der Waals surface area (Å²) in [5.41, 5.74) is 3.54. The van der Waals surface area contributed by atoms with Crippen molar-refractivity contribution in [1.82, 2.24) is 25.1 Å². The number of aryl methyl sites for hydroxylation is 1. The molecule has 1 aliphatic rings. The minimum Gasteiger partial charge on any atom is -0.497 e. The Morgan fingerprint density at radius 3 is 2.58 bits per heavy atom. The second-order valence-corrected chi connectivity index (χ2v) is 8.19. The predicted octanol–water partition coefficient (Wildman–Crippen LogP) is 4.06. The molecule has 0 spiro atoms. The first kappa shape index (κ1) is 25.3. The number of hydrogen-bond donors (Lipinski definition) is 2. The smallest absolute Gasteiger partial charge is 0.191 e. The highest BCUT2D eigenvalue weighted by Crippen LogP contribution is 2.26. The third-order valence-corrected chi connectivity index (χ3v) is 6.16. The minimum absolute atomic E-state index is 0. The Balaban J connectivity index is 0.00000306. The monoisotopic (exact) mass is 562 g/mol. The Kier molecular flexibility index (Phi) is 9.80. The maximum absolute atomic E-state index is 5.33. The van der Waals surface area contributed by atoms with Crippen LogP contribution in [0.4, 0.5) is 0 Å². The van der Waals surface area contributed by atoms with Crippen LogP contribution in [0.25, 0.3) is 11.0 Å². The zero-order valence-corrected chi connectivity index (χ0v) is 21.9. The highest BCUT2D eigenvalue weighted by molar-refractivity contribution is 14.0. The summed E-state index contributed by atoms with van der Waals surface area (Å²) >= 11 is 0. The summed E-state index contributed by atoms with van der Waals surface area (Å²) in [4.78, 5) is 11.5. The van der Waals surface area contributed by atoms with Crippen LogP contribution in [-0.4, -0.2) is 60.7 Å². The molecule has 178 valence electrons. The number of fused-ring (bicyclic) bond motifs is 1. The highest BCUT2D eigenvalue weighted by atomic mass is 127. The van der Waals surface area contributed by atoms with Crippen LogP contribution in [0.5, 0.6) is 5.75 Å². The molecule has 4 rings (SSSR count). The molecule has 0 aliphatic carbocycles. The lowest BCUT2D eigenvalue weighted by Crippen LogP contribution is -2.43. The van der Waals surface area contributed by atoms with E-state index in [1.807, 2.05) is 31.6 Å². The number of nitrogens with zero attached hydrogens (tertiary/aromatic N) is 4. The van der Waals surface area contributed by atoms with Gasteiger partial charge >= 0.3 is 0 Å². The van der Waals surface area contributed by atoms with Crippen molar-refractivity contribution in [2.45, 2.75) is 31.8 Å². The SMILES string of the molecule is CN=C(NCCCn1cnc2ccccc21)NCC(c1ccc(OC)cc1)N1CCCC1.I. The van der Waals surface area contributed by atoms with Crippen LogP contribution < -0.4 is 15.4 Å². The van der Waals surface area contributed by atoms with Crippen molar-refractivity contribution < 1.29 is 4.74 Å². The molecule has 2 aromatic carbocycles. The average molecular weight is 563 g/mol. The summed E-state index contributed by atoms with van der Waals surface area (Å²) in [7, 11) is 3.54. The fraction of sp³-hybridized carbons (Fsp3) is 0.440. The summed E-state index contributed by atoms with van der Waals surface area (Å²) in [6.07, 6.45) is 5.45. The van der Waals surface area contributed by atoms with Crippen molar-refractivity contribution in [1.29, 1.82) is 0 Å². The molecule has 8 heteroatoms. The van der Waals surface area contributed by atoms with Crippen molar-refractivity contribution in [3.63, 3.8) is 0 Å². The maximum Gasteiger partial charge on any atom is 0.191 e. The van der Waals surface area contributed by atoms with Crippen molar-refractivity contribution >= 4 is 41.0 Å². The Bertz CT molecular complexity index is 1010. The van der Waals surface area contributed by atoms with E-state index in [0.29, 0.717) is 6.04 Å². The number of para-hydroxylation sites is 2. The van der Waals surface area contributed by atoms with Crippen molar-refractivity contribution in [3.05, 3.63) is 60.4 Å². The molecule has 1 unspecified atom stereocenters. The summed E-state index contributed by atoms with van der Waals surface area (Å²) in [5.74, 6) is 1.74. The molecule has 0 bridgehead atoms.